The molecule has 0 spiro atoms. The quantitative estimate of drug-likeness (QED) is 0.510. The number of hydrogen-bond acceptors (Lipinski definition) is 3. The molecular weight excluding hydrogens is 194 g/mol. The third-order valence-electron chi connectivity index (χ3n) is 2.13. The Hall–Kier alpha value is -1.10. The van der Waals surface area contributed by atoms with Crippen LogP contribution in [0, 0.1) is 5.92 Å². The van der Waals surface area contributed by atoms with E-state index in [0.717, 1.165) is 12.8 Å². The third-order valence-corrected chi connectivity index (χ3v) is 2.13. The third kappa shape index (κ3) is 6.90. The smallest absolute Gasteiger partial charge is 0.234 e. The fraction of sp³-hybridized carbons (Fsp3) is 0.800. The van der Waals surface area contributed by atoms with E-state index in [0.29, 0.717) is 13.0 Å². The molecule has 2 amide bonds. The number of unbranched alkanes of at least 4 members (excludes halogenated alkanes) is 1. The summed E-state index contributed by atoms with van der Waals surface area (Å²) in [7, 11) is 0. The van der Waals surface area contributed by atoms with Gasteiger partial charge in [-0.2, -0.15) is 0 Å². The van der Waals surface area contributed by atoms with Gasteiger partial charge in [0.05, 0.1) is 6.04 Å². The first-order chi connectivity index (χ1) is 6.95. The van der Waals surface area contributed by atoms with Crippen molar-refractivity contribution in [2.24, 2.45) is 17.4 Å². The average molecular weight is 215 g/mol. The van der Waals surface area contributed by atoms with Crippen LogP contribution >= 0.6 is 0 Å². The molecule has 0 aromatic rings. The van der Waals surface area contributed by atoms with Crippen LogP contribution in [-0.4, -0.2) is 24.4 Å². The number of nitrogens with two attached hydrogens (primary N) is 2. The number of hydrogen-bond donors (Lipinski definition) is 3. The van der Waals surface area contributed by atoms with Gasteiger partial charge in [-0.15, -0.1) is 0 Å². The van der Waals surface area contributed by atoms with E-state index in [2.05, 4.69) is 5.32 Å². The molecule has 0 aliphatic rings. The molecule has 5 heteroatoms. The summed E-state index contributed by atoms with van der Waals surface area (Å²) in [5, 5.41) is 2.79. The molecule has 0 fully saturated rings. The van der Waals surface area contributed by atoms with Crippen LogP contribution in [0.2, 0.25) is 0 Å². The van der Waals surface area contributed by atoms with Crippen LogP contribution in [0.25, 0.3) is 0 Å². The summed E-state index contributed by atoms with van der Waals surface area (Å²) < 4.78 is 0. The van der Waals surface area contributed by atoms with E-state index in [4.69, 9.17) is 11.5 Å². The topological polar surface area (TPSA) is 98.2 Å². The SMILES string of the molecule is CC(C)C(=O)NCCCC[C@H](N)C(N)=O. The summed E-state index contributed by atoms with van der Waals surface area (Å²) in [6, 6.07) is -0.564. The van der Waals surface area contributed by atoms with Crippen LogP contribution in [0.1, 0.15) is 33.1 Å². The molecule has 0 aliphatic heterocycles. The number of carbonyl (C=O) groups is 2. The highest BCUT2D eigenvalue weighted by Crippen LogP contribution is 1.98. The lowest BCUT2D eigenvalue weighted by atomic mass is 10.1. The van der Waals surface area contributed by atoms with Crippen molar-refractivity contribution in [3.8, 4) is 0 Å². The standard InChI is InChI=1S/C10H21N3O2/c1-7(2)10(15)13-6-4-3-5-8(11)9(12)14/h7-8H,3-6,11H2,1-2H3,(H2,12,14)(H,13,15)/t8-/m0/s1. The van der Waals surface area contributed by atoms with Crippen molar-refractivity contribution < 1.29 is 9.59 Å². The zero-order valence-corrected chi connectivity index (χ0v) is 9.45. The van der Waals surface area contributed by atoms with Gasteiger partial charge in [-0.1, -0.05) is 13.8 Å². The Balaban J connectivity index is 3.40. The molecule has 88 valence electrons. The zero-order valence-electron chi connectivity index (χ0n) is 9.45. The minimum atomic E-state index is -0.564. The van der Waals surface area contributed by atoms with Crippen LogP contribution in [-0.2, 0) is 9.59 Å². The minimum absolute atomic E-state index is 0.0119. The van der Waals surface area contributed by atoms with Crippen LogP contribution in [0.4, 0.5) is 0 Å². The van der Waals surface area contributed by atoms with Crippen LogP contribution < -0.4 is 16.8 Å². The van der Waals surface area contributed by atoms with E-state index in [-0.39, 0.29) is 11.8 Å². The number of nitrogens with one attached hydrogen (secondary N) is 1. The molecule has 0 heterocycles. The van der Waals surface area contributed by atoms with Gasteiger partial charge >= 0.3 is 0 Å². The summed E-state index contributed by atoms with van der Waals surface area (Å²) >= 11 is 0. The lowest BCUT2D eigenvalue weighted by Gasteiger charge is -2.09. The van der Waals surface area contributed by atoms with Gasteiger partial charge in [-0.3, -0.25) is 9.59 Å². The van der Waals surface area contributed by atoms with Crippen molar-refractivity contribution in [2.45, 2.75) is 39.2 Å². The molecule has 15 heavy (non-hydrogen) atoms. The second-order valence-corrected chi connectivity index (χ2v) is 3.95. The predicted molar refractivity (Wildman–Crippen MR) is 58.9 cm³/mol. The Kier molecular flexibility index (Phi) is 6.70. The van der Waals surface area contributed by atoms with Gasteiger partial charge in [0, 0.05) is 12.5 Å². The molecule has 0 rings (SSSR count). The molecule has 1 atom stereocenters. The van der Waals surface area contributed by atoms with Crippen molar-refractivity contribution in [2.75, 3.05) is 6.54 Å². The van der Waals surface area contributed by atoms with Crippen molar-refractivity contribution >= 4 is 11.8 Å². The molecule has 0 saturated heterocycles. The summed E-state index contributed by atoms with van der Waals surface area (Å²) in [6.45, 7) is 4.32. The number of rotatable bonds is 7. The van der Waals surface area contributed by atoms with Gasteiger partial charge in [0.1, 0.15) is 0 Å². The van der Waals surface area contributed by atoms with Crippen LogP contribution in [0.3, 0.4) is 0 Å². The maximum Gasteiger partial charge on any atom is 0.234 e. The highest BCUT2D eigenvalue weighted by atomic mass is 16.2. The normalized spacial score (nSPS) is 12.5. The highest BCUT2D eigenvalue weighted by molar-refractivity contribution is 5.79. The van der Waals surface area contributed by atoms with Crippen LogP contribution in [0.15, 0.2) is 0 Å². The molecule has 5 N–H and O–H groups in total. The maximum absolute atomic E-state index is 11.1. The Morgan fingerprint density at radius 3 is 2.33 bits per heavy atom. The Morgan fingerprint density at radius 1 is 1.27 bits per heavy atom. The van der Waals surface area contributed by atoms with Gasteiger partial charge in [0.25, 0.3) is 0 Å². The van der Waals surface area contributed by atoms with Gasteiger partial charge in [-0.05, 0) is 19.3 Å². The molecular formula is C10H21N3O2. The lowest BCUT2D eigenvalue weighted by Crippen LogP contribution is -2.36. The zero-order chi connectivity index (χ0) is 11.8. The fourth-order valence-electron chi connectivity index (χ4n) is 1.05. The van der Waals surface area contributed by atoms with Crippen LogP contribution in [0.5, 0.6) is 0 Å². The molecule has 0 saturated carbocycles. The first kappa shape index (κ1) is 13.9. The van der Waals surface area contributed by atoms with Gasteiger partial charge in [-0.25, -0.2) is 0 Å². The molecule has 0 aromatic carbocycles. The predicted octanol–water partition coefficient (Wildman–Crippen LogP) is -0.258. The second kappa shape index (κ2) is 7.23. The number of amides is 2. The molecule has 0 aliphatic carbocycles. The number of primary amides is 1. The monoisotopic (exact) mass is 215 g/mol. The van der Waals surface area contributed by atoms with E-state index in [1.165, 1.54) is 0 Å². The molecule has 0 aromatic heterocycles. The molecule has 0 unspecified atom stereocenters. The van der Waals surface area contributed by atoms with E-state index in [1.807, 2.05) is 13.8 Å². The Bertz CT molecular complexity index is 217. The van der Waals surface area contributed by atoms with Gasteiger partial charge < -0.3 is 16.8 Å². The number of carbonyl (C=O) groups excluding carboxylic acids is 2. The van der Waals surface area contributed by atoms with Crippen molar-refractivity contribution in [3.63, 3.8) is 0 Å². The van der Waals surface area contributed by atoms with E-state index in [9.17, 15) is 9.59 Å². The van der Waals surface area contributed by atoms with Crippen molar-refractivity contribution in [1.29, 1.82) is 0 Å². The van der Waals surface area contributed by atoms with E-state index >= 15 is 0 Å². The first-order valence-electron chi connectivity index (χ1n) is 5.27. The maximum atomic E-state index is 11.1. The molecule has 0 radical (unpaired) electrons. The summed E-state index contributed by atoms with van der Waals surface area (Å²) in [6.07, 6.45) is 2.19. The Labute approximate surface area is 90.6 Å². The van der Waals surface area contributed by atoms with Gasteiger partial charge in [0.15, 0.2) is 0 Å². The second-order valence-electron chi connectivity index (χ2n) is 3.95. The Morgan fingerprint density at radius 2 is 1.87 bits per heavy atom. The van der Waals surface area contributed by atoms with Gasteiger partial charge in [0.2, 0.25) is 11.8 Å². The minimum Gasteiger partial charge on any atom is -0.368 e. The fourth-order valence-corrected chi connectivity index (χ4v) is 1.05. The van der Waals surface area contributed by atoms with E-state index < -0.39 is 11.9 Å². The summed E-state index contributed by atoms with van der Waals surface area (Å²) in [5.74, 6) is -0.409. The average Bonchev–Trinajstić information content (AvgIpc) is 2.16. The molecule has 5 nitrogen and oxygen atoms in total. The molecule has 0 bridgehead atoms. The lowest BCUT2D eigenvalue weighted by molar-refractivity contribution is -0.124. The largest absolute Gasteiger partial charge is 0.368 e. The first-order valence-corrected chi connectivity index (χ1v) is 5.27. The van der Waals surface area contributed by atoms with Crippen molar-refractivity contribution in [1.82, 2.24) is 5.32 Å². The summed E-state index contributed by atoms with van der Waals surface area (Å²) in [5.41, 5.74) is 10.4. The summed E-state index contributed by atoms with van der Waals surface area (Å²) in [4.78, 5) is 21.7. The van der Waals surface area contributed by atoms with E-state index in [1.54, 1.807) is 0 Å². The van der Waals surface area contributed by atoms with Crippen molar-refractivity contribution in [3.05, 3.63) is 0 Å². The highest BCUT2D eigenvalue weighted by Gasteiger charge is 2.08.